The van der Waals surface area contributed by atoms with E-state index in [0.29, 0.717) is 0 Å². The second kappa shape index (κ2) is 7.67. The number of benzene rings is 1. The molecule has 0 saturated heterocycles. The molecule has 0 aliphatic carbocycles. The first kappa shape index (κ1) is 18.3. The number of nitrogens with zero attached hydrogens (tertiary/aromatic N) is 1. The van der Waals surface area contributed by atoms with Gasteiger partial charge in [-0.1, -0.05) is 13.3 Å². The average molecular weight is 348 g/mol. The predicted molar refractivity (Wildman–Crippen MR) is 100 cm³/mol. The maximum absolute atomic E-state index is 13.1. The second-order valence-electron chi connectivity index (χ2n) is 5.99. The van der Waals surface area contributed by atoms with Crippen molar-refractivity contribution in [3.8, 4) is 0 Å². The van der Waals surface area contributed by atoms with E-state index in [9.17, 15) is 4.39 Å². The van der Waals surface area contributed by atoms with Crippen LogP contribution in [0.3, 0.4) is 0 Å². The Balaban J connectivity index is 0.00000208. The van der Waals surface area contributed by atoms with Crippen molar-refractivity contribution in [3.05, 3.63) is 59.3 Å². The molecule has 2 heterocycles. The lowest BCUT2D eigenvalue weighted by molar-refractivity contribution is 0.627. The van der Waals surface area contributed by atoms with Crippen LogP contribution in [0.1, 0.15) is 42.8 Å². The highest BCUT2D eigenvalue weighted by Gasteiger charge is 2.18. The van der Waals surface area contributed by atoms with E-state index in [4.69, 9.17) is 0 Å². The number of aromatic nitrogens is 2. The summed E-state index contributed by atoms with van der Waals surface area (Å²) in [6.45, 7) is 6.37. The maximum atomic E-state index is 13.1. The standard InChI is InChI=1S/C19H22FN3.ClH/c1-4-5-17(23-15-8-6-14(20)7-9-15)19-18-16(10-11-21-19)12(2)13(3)22-18;/h6-11,17,22-23H,4-5H2,1-3H3;1H. The third-order valence-electron chi connectivity index (χ3n) is 4.35. The molecule has 128 valence electrons. The summed E-state index contributed by atoms with van der Waals surface area (Å²) in [6.07, 6.45) is 3.86. The van der Waals surface area contributed by atoms with Crippen molar-refractivity contribution < 1.29 is 4.39 Å². The third kappa shape index (κ3) is 3.54. The topological polar surface area (TPSA) is 40.7 Å². The normalized spacial score (nSPS) is 12.0. The van der Waals surface area contributed by atoms with Crippen molar-refractivity contribution in [3.63, 3.8) is 0 Å². The van der Waals surface area contributed by atoms with Crippen molar-refractivity contribution in [1.82, 2.24) is 9.97 Å². The Morgan fingerprint density at radius 2 is 1.88 bits per heavy atom. The summed E-state index contributed by atoms with van der Waals surface area (Å²) < 4.78 is 13.1. The molecule has 1 unspecified atom stereocenters. The molecule has 2 N–H and O–H groups in total. The number of aryl methyl sites for hydroxylation is 2. The van der Waals surface area contributed by atoms with Crippen LogP contribution in [-0.4, -0.2) is 9.97 Å². The maximum Gasteiger partial charge on any atom is 0.123 e. The minimum absolute atomic E-state index is 0. The van der Waals surface area contributed by atoms with Crippen LogP contribution in [-0.2, 0) is 0 Å². The summed E-state index contributed by atoms with van der Waals surface area (Å²) in [4.78, 5) is 8.09. The lowest BCUT2D eigenvalue weighted by Gasteiger charge is -2.19. The molecule has 3 aromatic rings. The predicted octanol–water partition coefficient (Wildman–Crippen LogP) is 5.69. The summed E-state index contributed by atoms with van der Waals surface area (Å²) >= 11 is 0. The summed E-state index contributed by atoms with van der Waals surface area (Å²) in [5.74, 6) is -0.224. The van der Waals surface area contributed by atoms with Gasteiger partial charge in [-0.3, -0.25) is 4.98 Å². The molecule has 5 heteroatoms. The van der Waals surface area contributed by atoms with Crippen molar-refractivity contribution in [2.45, 2.75) is 39.7 Å². The van der Waals surface area contributed by atoms with Gasteiger partial charge in [-0.15, -0.1) is 12.4 Å². The SMILES string of the molecule is CCCC(Nc1ccc(F)cc1)c1nccc2c(C)c(C)[nH]c12.Cl. The molecule has 0 bridgehead atoms. The van der Waals surface area contributed by atoms with Crippen molar-refractivity contribution >= 4 is 29.0 Å². The Morgan fingerprint density at radius 3 is 2.54 bits per heavy atom. The molecule has 3 nitrogen and oxygen atoms in total. The number of hydrogen-bond donors (Lipinski definition) is 2. The van der Waals surface area contributed by atoms with Gasteiger partial charge in [0.25, 0.3) is 0 Å². The smallest absolute Gasteiger partial charge is 0.123 e. The third-order valence-corrected chi connectivity index (χ3v) is 4.35. The van der Waals surface area contributed by atoms with Crippen LogP contribution in [0.15, 0.2) is 36.5 Å². The van der Waals surface area contributed by atoms with Gasteiger partial charge < -0.3 is 10.3 Å². The van der Waals surface area contributed by atoms with Gasteiger partial charge in [-0.05, 0) is 56.2 Å². The molecule has 0 spiro atoms. The van der Waals surface area contributed by atoms with Gasteiger partial charge in [-0.2, -0.15) is 0 Å². The molecule has 1 aromatic carbocycles. The molecule has 2 aromatic heterocycles. The summed E-state index contributed by atoms with van der Waals surface area (Å²) in [5.41, 5.74) is 5.45. The quantitative estimate of drug-likeness (QED) is 0.622. The summed E-state index contributed by atoms with van der Waals surface area (Å²) in [6, 6.07) is 8.63. The number of halogens is 2. The zero-order valence-corrected chi connectivity index (χ0v) is 15.0. The van der Waals surface area contributed by atoms with E-state index in [1.54, 1.807) is 12.1 Å². The monoisotopic (exact) mass is 347 g/mol. The number of H-pyrrole nitrogens is 1. The number of anilines is 1. The molecule has 24 heavy (non-hydrogen) atoms. The Kier molecular flexibility index (Phi) is 5.84. The highest BCUT2D eigenvalue weighted by Crippen LogP contribution is 2.30. The summed E-state index contributed by atoms with van der Waals surface area (Å²) in [5, 5.41) is 4.71. The fourth-order valence-corrected chi connectivity index (χ4v) is 2.98. The van der Waals surface area contributed by atoms with Crippen molar-refractivity contribution in [2.75, 3.05) is 5.32 Å². The molecule has 0 aliphatic rings. The zero-order chi connectivity index (χ0) is 16.4. The lowest BCUT2D eigenvalue weighted by atomic mass is 10.0. The Morgan fingerprint density at radius 1 is 1.17 bits per heavy atom. The van der Waals surface area contributed by atoms with Crippen LogP contribution in [0.5, 0.6) is 0 Å². The first-order valence-electron chi connectivity index (χ1n) is 8.06. The largest absolute Gasteiger partial charge is 0.377 e. The lowest BCUT2D eigenvalue weighted by Crippen LogP contribution is -2.13. The van der Waals surface area contributed by atoms with Gasteiger partial charge in [0.2, 0.25) is 0 Å². The average Bonchev–Trinajstić information content (AvgIpc) is 2.84. The number of pyridine rings is 1. The molecular weight excluding hydrogens is 325 g/mol. The van der Waals surface area contributed by atoms with Crippen LogP contribution in [0.4, 0.5) is 10.1 Å². The first-order valence-corrected chi connectivity index (χ1v) is 8.06. The molecule has 0 fully saturated rings. The molecule has 3 rings (SSSR count). The zero-order valence-electron chi connectivity index (χ0n) is 14.2. The van der Waals surface area contributed by atoms with Crippen molar-refractivity contribution in [1.29, 1.82) is 0 Å². The van der Waals surface area contributed by atoms with Crippen LogP contribution in [0.25, 0.3) is 10.9 Å². The molecule has 0 amide bonds. The molecule has 1 atom stereocenters. The van der Waals surface area contributed by atoms with E-state index in [2.05, 4.69) is 42.1 Å². The number of rotatable bonds is 5. The van der Waals surface area contributed by atoms with Gasteiger partial charge in [-0.25, -0.2) is 4.39 Å². The fraction of sp³-hybridized carbons (Fsp3) is 0.316. The van der Waals surface area contributed by atoms with E-state index in [0.717, 1.165) is 29.7 Å². The van der Waals surface area contributed by atoms with Crippen LogP contribution in [0.2, 0.25) is 0 Å². The van der Waals surface area contributed by atoms with Crippen molar-refractivity contribution in [2.24, 2.45) is 0 Å². The Labute approximate surface area is 148 Å². The van der Waals surface area contributed by atoms with E-state index >= 15 is 0 Å². The minimum atomic E-state index is -0.224. The van der Waals surface area contributed by atoms with E-state index in [1.165, 1.54) is 28.8 Å². The van der Waals surface area contributed by atoms with Gasteiger partial charge in [0.05, 0.1) is 17.3 Å². The molecule has 0 saturated carbocycles. The van der Waals surface area contributed by atoms with E-state index in [1.807, 2.05) is 6.20 Å². The summed E-state index contributed by atoms with van der Waals surface area (Å²) in [7, 11) is 0. The van der Waals surface area contributed by atoms with Gasteiger partial charge in [0.1, 0.15) is 5.82 Å². The van der Waals surface area contributed by atoms with Crippen LogP contribution >= 0.6 is 12.4 Å². The van der Waals surface area contributed by atoms with E-state index in [-0.39, 0.29) is 24.3 Å². The molecule has 0 aliphatic heterocycles. The van der Waals surface area contributed by atoms with Gasteiger partial charge in [0.15, 0.2) is 0 Å². The number of fused-ring (bicyclic) bond motifs is 1. The number of aromatic amines is 1. The number of hydrogen-bond acceptors (Lipinski definition) is 2. The van der Waals surface area contributed by atoms with Gasteiger partial charge >= 0.3 is 0 Å². The second-order valence-corrected chi connectivity index (χ2v) is 5.99. The first-order chi connectivity index (χ1) is 11.1. The molecular formula is C19H23ClFN3. The Hall–Kier alpha value is -2.07. The highest BCUT2D eigenvalue weighted by molar-refractivity contribution is 5.86. The molecule has 0 radical (unpaired) electrons. The van der Waals surface area contributed by atoms with Crippen LogP contribution < -0.4 is 5.32 Å². The highest BCUT2D eigenvalue weighted by atomic mass is 35.5. The van der Waals surface area contributed by atoms with Gasteiger partial charge in [0, 0.05) is 23.0 Å². The van der Waals surface area contributed by atoms with Crippen LogP contribution in [0, 0.1) is 19.7 Å². The minimum Gasteiger partial charge on any atom is -0.377 e. The number of nitrogens with one attached hydrogen (secondary N) is 2. The van der Waals surface area contributed by atoms with E-state index < -0.39 is 0 Å². The Bertz CT molecular complexity index is 811. The fourth-order valence-electron chi connectivity index (χ4n) is 2.98.